The molecule has 8 nitrogen and oxygen atoms in total. The molecule has 0 spiro atoms. The Morgan fingerprint density at radius 2 is 2.00 bits per heavy atom. The molecule has 1 fully saturated rings. The summed E-state index contributed by atoms with van der Waals surface area (Å²) in [5.74, 6) is -0.307. The largest absolute Gasteiger partial charge is 0.351 e. The first-order valence-corrected chi connectivity index (χ1v) is 9.43. The van der Waals surface area contributed by atoms with Crippen molar-refractivity contribution in [2.24, 2.45) is 0 Å². The predicted molar refractivity (Wildman–Crippen MR) is 102 cm³/mol. The minimum Gasteiger partial charge on any atom is -0.351 e. The van der Waals surface area contributed by atoms with E-state index in [1.807, 2.05) is 0 Å². The van der Waals surface area contributed by atoms with E-state index < -0.39 is 4.92 Å². The number of nitrogens with one attached hydrogen (secondary N) is 2. The molecule has 27 heavy (non-hydrogen) atoms. The number of nitrogens with zero attached hydrogens (tertiary/aromatic N) is 3. The first-order valence-electron chi connectivity index (χ1n) is 9.43. The third-order valence-electron chi connectivity index (χ3n) is 4.92. The maximum atomic E-state index is 12.3. The second kappa shape index (κ2) is 9.27. The van der Waals surface area contributed by atoms with Crippen molar-refractivity contribution < 1.29 is 9.72 Å². The molecule has 2 aromatic rings. The summed E-state index contributed by atoms with van der Waals surface area (Å²) in [5, 5.41) is 17.7. The number of nitro benzene ring substituents is 1. The molecule has 3 rings (SSSR count). The topological polar surface area (TPSA) is 102 Å². The summed E-state index contributed by atoms with van der Waals surface area (Å²) in [5.41, 5.74) is 0.529. The fourth-order valence-corrected chi connectivity index (χ4v) is 3.47. The van der Waals surface area contributed by atoms with Crippen molar-refractivity contribution >= 4 is 11.6 Å². The first kappa shape index (κ1) is 19.0. The third-order valence-corrected chi connectivity index (χ3v) is 4.92. The van der Waals surface area contributed by atoms with Gasteiger partial charge in [0.15, 0.2) is 0 Å². The molecule has 0 radical (unpaired) electrons. The SMILES string of the molecule is O=C(NCCNC1CCCCCC1)c1ccc(-n2ccnc2)c([N+](=O)[O-])c1. The van der Waals surface area contributed by atoms with Gasteiger partial charge in [-0.2, -0.15) is 0 Å². The van der Waals surface area contributed by atoms with Crippen LogP contribution in [0.3, 0.4) is 0 Å². The van der Waals surface area contributed by atoms with Gasteiger partial charge in [-0.3, -0.25) is 14.9 Å². The van der Waals surface area contributed by atoms with Gasteiger partial charge >= 0.3 is 0 Å². The summed E-state index contributed by atoms with van der Waals surface area (Å²) in [4.78, 5) is 27.1. The van der Waals surface area contributed by atoms with Crippen LogP contribution in [0.25, 0.3) is 5.69 Å². The smallest absolute Gasteiger partial charge is 0.294 e. The number of amides is 1. The van der Waals surface area contributed by atoms with E-state index in [-0.39, 0.29) is 17.2 Å². The van der Waals surface area contributed by atoms with Gasteiger partial charge in [-0.15, -0.1) is 0 Å². The second-order valence-electron chi connectivity index (χ2n) is 6.83. The lowest BCUT2D eigenvalue weighted by Crippen LogP contribution is -2.36. The van der Waals surface area contributed by atoms with E-state index in [0.717, 1.165) is 0 Å². The number of aromatic nitrogens is 2. The van der Waals surface area contributed by atoms with Crippen molar-refractivity contribution in [3.05, 3.63) is 52.6 Å². The fraction of sp³-hybridized carbons (Fsp3) is 0.474. The standard InChI is InChI=1S/C19H25N5O3/c25-19(22-10-9-21-16-5-3-1-2-4-6-16)15-7-8-17(18(13-15)24(26)27)23-12-11-20-14-23/h7-8,11-14,16,21H,1-6,9-10H2,(H,22,25). The van der Waals surface area contributed by atoms with Crippen LogP contribution < -0.4 is 10.6 Å². The van der Waals surface area contributed by atoms with Gasteiger partial charge in [-0.25, -0.2) is 4.98 Å². The van der Waals surface area contributed by atoms with Crippen molar-refractivity contribution in [3.8, 4) is 5.69 Å². The highest BCUT2D eigenvalue weighted by atomic mass is 16.6. The second-order valence-corrected chi connectivity index (χ2v) is 6.83. The van der Waals surface area contributed by atoms with Crippen molar-refractivity contribution in [1.82, 2.24) is 20.2 Å². The van der Waals surface area contributed by atoms with E-state index >= 15 is 0 Å². The van der Waals surface area contributed by atoms with Crippen LogP contribution in [0.5, 0.6) is 0 Å². The van der Waals surface area contributed by atoms with Crippen LogP contribution in [0.15, 0.2) is 36.9 Å². The molecule has 0 aliphatic heterocycles. The van der Waals surface area contributed by atoms with E-state index in [1.54, 1.807) is 29.1 Å². The normalized spacial score (nSPS) is 15.3. The lowest BCUT2D eigenvalue weighted by Gasteiger charge is -2.16. The van der Waals surface area contributed by atoms with Gasteiger partial charge in [0.05, 0.1) is 11.3 Å². The van der Waals surface area contributed by atoms with Crippen molar-refractivity contribution in [2.75, 3.05) is 13.1 Å². The fourth-order valence-electron chi connectivity index (χ4n) is 3.47. The van der Waals surface area contributed by atoms with Crippen LogP contribution in [0.2, 0.25) is 0 Å². The van der Waals surface area contributed by atoms with Gasteiger partial charge in [0.1, 0.15) is 5.69 Å². The highest BCUT2D eigenvalue weighted by Crippen LogP contribution is 2.24. The Kier molecular flexibility index (Phi) is 6.54. The Hall–Kier alpha value is -2.74. The van der Waals surface area contributed by atoms with E-state index in [0.29, 0.717) is 24.8 Å². The summed E-state index contributed by atoms with van der Waals surface area (Å²) >= 11 is 0. The molecule has 1 aromatic heterocycles. The molecule has 8 heteroatoms. The molecule has 1 aliphatic rings. The van der Waals surface area contributed by atoms with Gasteiger partial charge in [-0.05, 0) is 25.0 Å². The monoisotopic (exact) mass is 371 g/mol. The Bertz CT molecular complexity index is 768. The average Bonchev–Trinajstić information content (AvgIpc) is 3.08. The summed E-state index contributed by atoms with van der Waals surface area (Å²) in [6.07, 6.45) is 12.2. The van der Waals surface area contributed by atoms with Gasteiger partial charge in [0.2, 0.25) is 0 Å². The van der Waals surface area contributed by atoms with Crippen molar-refractivity contribution in [3.63, 3.8) is 0 Å². The molecule has 1 saturated carbocycles. The molecule has 1 amide bonds. The van der Waals surface area contributed by atoms with Gasteiger partial charge in [0.25, 0.3) is 11.6 Å². The number of nitro groups is 1. The lowest BCUT2D eigenvalue weighted by molar-refractivity contribution is -0.384. The van der Waals surface area contributed by atoms with E-state index in [4.69, 9.17) is 0 Å². The molecular weight excluding hydrogens is 346 g/mol. The number of hydrogen-bond donors (Lipinski definition) is 2. The Labute approximate surface area is 158 Å². The molecule has 144 valence electrons. The van der Waals surface area contributed by atoms with Crippen LogP contribution in [0, 0.1) is 10.1 Å². The number of imidazole rings is 1. The summed E-state index contributed by atoms with van der Waals surface area (Å²) in [6.45, 7) is 1.19. The molecule has 1 aromatic carbocycles. The minimum atomic E-state index is -0.486. The molecule has 1 heterocycles. The minimum absolute atomic E-state index is 0.128. The van der Waals surface area contributed by atoms with Crippen LogP contribution in [0.1, 0.15) is 48.9 Å². The zero-order chi connectivity index (χ0) is 19.1. The van der Waals surface area contributed by atoms with Crippen molar-refractivity contribution in [1.29, 1.82) is 0 Å². The first-order chi connectivity index (χ1) is 13.1. The summed E-state index contributed by atoms with van der Waals surface area (Å²) < 4.78 is 1.55. The molecule has 2 N–H and O–H groups in total. The Morgan fingerprint density at radius 1 is 1.22 bits per heavy atom. The van der Waals surface area contributed by atoms with Crippen LogP contribution in [-0.2, 0) is 0 Å². The predicted octanol–water partition coefficient (Wildman–Crippen LogP) is 2.82. The number of hydrogen-bond acceptors (Lipinski definition) is 5. The quantitative estimate of drug-likeness (QED) is 0.337. The highest BCUT2D eigenvalue weighted by molar-refractivity contribution is 5.95. The molecule has 0 bridgehead atoms. The van der Waals surface area contributed by atoms with Crippen LogP contribution in [0.4, 0.5) is 5.69 Å². The van der Waals surface area contributed by atoms with E-state index in [1.165, 1.54) is 50.9 Å². The molecule has 0 unspecified atom stereocenters. The Balaban J connectivity index is 1.56. The highest BCUT2D eigenvalue weighted by Gasteiger charge is 2.18. The zero-order valence-corrected chi connectivity index (χ0v) is 15.3. The third kappa shape index (κ3) is 5.13. The Morgan fingerprint density at radius 3 is 2.67 bits per heavy atom. The number of benzene rings is 1. The molecule has 1 aliphatic carbocycles. The average molecular weight is 371 g/mol. The van der Waals surface area contributed by atoms with Gasteiger partial charge in [0, 0.05) is 43.2 Å². The molecule has 0 saturated heterocycles. The van der Waals surface area contributed by atoms with Gasteiger partial charge in [-0.1, -0.05) is 25.7 Å². The molecular formula is C19H25N5O3. The zero-order valence-electron chi connectivity index (χ0n) is 15.3. The lowest BCUT2D eigenvalue weighted by atomic mass is 10.1. The van der Waals surface area contributed by atoms with Crippen LogP contribution in [-0.4, -0.2) is 39.5 Å². The summed E-state index contributed by atoms with van der Waals surface area (Å²) in [6, 6.07) is 5.00. The number of rotatable bonds is 7. The van der Waals surface area contributed by atoms with Gasteiger partial charge < -0.3 is 15.2 Å². The molecule has 0 atom stereocenters. The maximum absolute atomic E-state index is 12.3. The van der Waals surface area contributed by atoms with E-state index in [9.17, 15) is 14.9 Å². The number of carbonyl (C=O) groups excluding carboxylic acids is 1. The van der Waals surface area contributed by atoms with E-state index in [2.05, 4.69) is 15.6 Å². The summed E-state index contributed by atoms with van der Waals surface area (Å²) in [7, 11) is 0. The van der Waals surface area contributed by atoms with Crippen LogP contribution >= 0.6 is 0 Å². The van der Waals surface area contributed by atoms with Crippen molar-refractivity contribution in [2.45, 2.75) is 44.6 Å². The number of carbonyl (C=O) groups is 1. The maximum Gasteiger partial charge on any atom is 0.294 e.